The number of fused-ring (bicyclic) bond motifs is 1. The Bertz CT molecular complexity index is 590. The fourth-order valence-corrected chi connectivity index (χ4v) is 2.59. The normalized spacial score (nSPS) is 17.2. The highest BCUT2D eigenvalue weighted by Gasteiger charge is 2.25. The lowest BCUT2D eigenvalue weighted by Gasteiger charge is -2.25. The van der Waals surface area contributed by atoms with Gasteiger partial charge in [0.05, 0.1) is 12.5 Å². The standard InChI is InChI=1S/C16H19N3O/c1-3-11-10-15(17-2)19-16(18-11)13-8-9-20-14-7-5-4-6-12(13)14/h4-7,10,13H,3,8-9H2,1-2H3,(H,17,18,19). The van der Waals surface area contributed by atoms with Crippen LogP contribution in [0.15, 0.2) is 30.3 Å². The molecule has 0 amide bonds. The van der Waals surface area contributed by atoms with Crippen molar-refractivity contribution in [2.75, 3.05) is 19.0 Å². The highest BCUT2D eigenvalue weighted by molar-refractivity contribution is 5.43. The van der Waals surface area contributed by atoms with Crippen molar-refractivity contribution in [1.82, 2.24) is 9.97 Å². The maximum Gasteiger partial charge on any atom is 0.138 e. The summed E-state index contributed by atoms with van der Waals surface area (Å²) in [5, 5.41) is 3.12. The van der Waals surface area contributed by atoms with Crippen LogP contribution in [0, 0.1) is 0 Å². The second kappa shape index (κ2) is 5.49. The fraction of sp³-hybridized carbons (Fsp3) is 0.375. The monoisotopic (exact) mass is 269 g/mol. The van der Waals surface area contributed by atoms with Crippen molar-refractivity contribution in [3.8, 4) is 5.75 Å². The summed E-state index contributed by atoms with van der Waals surface area (Å²) in [4.78, 5) is 9.36. The molecular weight excluding hydrogens is 250 g/mol. The maximum atomic E-state index is 5.72. The predicted molar refractivity (Wildman–Crippen MR) is 79.4 cm³/mol. The first kappa shape index (κ1) is 12.9. The minimum atomic E-state index is 0.221. The van der Waals surface area contributed by atoms with E-state index in [1.54, 1.807) is 0 Å². The lowest BCUT2D eigenvalue weighted by atomic mass is 9.92. The van der Waals surface area contributed by atoms with Crippen molar-refractivity contribution in [2.45, 2.75) is 25.7 Å². The van der Waals surface area contributed by atoms with E-state index in [1.807, 2.05) is 31.3 Å². The van der Waals surface area contributed by atoms with Gasteiger partial charge in [-0.1, -0.05) is 25.1 Å². The van der Waals surface area contributed by atoms with E-state index >= 15 is 0 Å². The Hall–Kier alpha value is -2.10. The van der Waals surface area contributed by atoms with E-state index < -0.39 is 0 Å². The smallest absolute Gasteiger partial charge is 0.138 e. The van der Waals surface area contributed by atoms with Gasteiger partial charge in [-0.15, -0.1) is 0 Å². The zero-order valence-electron chi connectivity index (χ0n) is 11.9. The molecule has 2 aromatic rings. The highest BCUT2D eigenvalue weighted by Crippen LogP contribution is 2.36. The molecule has 3 rings (SSSR count). The second-order valence-corrected chi connectivity index (χ2v) is 4.93. The van der Waals surface area contributed by atoms with Gasteiger partial charge in [0.25, 0.3) is 0 Å². The third-order valence-corrected chi connectivity index (χ3v) is 3.69. The van der Waals surface area contributed by atoms with Crippen LogP contribution in [0.3, 0.4) is 0 Å². The van der Waals surface area contributed by atoms with Crippen LogP contribution in [0.1, 0.15) is 36.3 Å². The topological polar surface area (TPSA) is 47.0 Å². The number of aromatic nitrogens is 2. The Morgan fingerprint density at radius 3 is 2.95 bits per heavy atom. The number of ether oxygens (including phenoxy) is 1. The minimum Gasteiger partial charge on any atom is -0.493 e. The van der Waals surface area contributed by atoms with Gasteiger partial charge in [-0.2, -0.15) is 0 Å². The number of nitrogens with one attached hydrogen (secondary N) is 1. The predicted octanol–water partition coefficient (Wildman–Crippen LogP) is 3.00. The summed E-state index contributed by atoms with van der Waals surface area (Å²) in [7, 11) is 1.89. The summed E-state index contributed by atoms with van der Waals surface area (Å²) < 4.78 is 5.72. The Labute approximate surface area is 119 Å². The molecule has 1 aromatic carbocycles. The molecule has 1 unspecified atom stereocenters. The summed E-state index contributed by atoms with van der Waals surface area (Å²) >= 11 is 0. The van der Waals surface area contributed by atoms with E-state index in [4.69, 9.17) is 9.72 Å². The van der Waals surface area contributed by atoms with Crippen molar-refractivity contribution >= 4 is 5.82 Å². The minimum absolute atomic E-state index is 0.221. The first-order chi connectivity index (χ1) is 9.81. The number of hydrogen-bond donors (Lipinski definition) is 1. The molecule has 1 aromatic heterocycles. The molecule has 1 N–H and O–H groups in total. The van der Waals surface area contributed by atoms with Gasteiger partial charge in [0.1, 0.15) is 17.4 Å². The van der Waals surface area contributed by atoms with E-state index in [9.17, 15) is 0 Å². The van der Waals surface area contributed by atoms with Gasteiger partial charge < -0.3 is 10.1 Å². The number of rotatable bonds is 3. The van der Waals surface area contributed by atoms with Crippen LogP contribution in [-0.2, 0) is 6.42 Å². The average Bonchev–Trinajstić information content (AvgIpc) is 2.53. The second-order valence-electron chi connectivity index (χ2n) is 4.93. The number of hydrogen-bond acceptors (Lipinski definition) is 4. The molecule has 0 bridgehead atoms. The van der Waals surface area contributed by atoms with E-state index in [0.717, 1.165) is 42.5 Å². The van der Waals surface area contributed by atoms with Gasteiger partial charge >= 0.3 is 0 Å². The SMILES string of the molecule is CCc1cc(NC)nc(C2CCOc3ccccc32)n1. The van der Waals surface area contributed by atoms with Crippen LogP contribution in [0.2, 0.25) is 0 Å². The molecule has 1 aliphatic rings. The number of anilines is 1. The van der Waals surface area contributed by atoms with Crippen LogP contribution in [-0.4, -0.2) is 23.6 Å². The highest BCUT2D eigenvalue weighted by atomic mass is 16.5. The number of para-hydroxylation sites is 1. The van der Waals surface area contributed by atoms with Gasteiger partial charge in [0.15, 0.2) is 0 Å². The van der Waals surface area contributed by atoms with E-state index in [-0.39, 0.29) is 5.92 Å². The molecule has 0 saturated heterocycles. The van der Waals surface area contributed by atoms with Crippen LogP contribution in [0.25, 0.3) is 0 Å². The van der Waals surface area contributed by atoms with Crippen molar-refractivity contribution in [3.05, 3.63) is 47.4 Å². The fourth-order valence-electron chi connectivity index (χ4n) is 2.59. The number of benzene rings is 1. The third-order valence-electron chi connectivity index (χ3n) is 3.69. The Balaban J connectivity index is 2.05. The van der Waals surface area contributed by atoms with Crippen molar-refractivity contribution in [2.24, 2.45) is 0 Å². The zero-order valence-corrected chi connectivity index (χ0v) is 11.9. The summed E-state index contributed by atoms with van der Waals surface area (Å²) in [6.07, 6.45) is 1.84. The first-order valence-corrected chi connectivity index (χ1v) is 7.09. The molecular formula is C16H19N3O. The molecule has 0 fully saturated rings. The average molecular weight is 269 g/mol. The summed E-state index contributed by atoms with van der Waals surface area (Å²) in [6, 6.07) is 10.2. The van der Waals surface area contributed by atoms with Gasteiger partial charge in [0.2, 0.25) is 0 Å². The van der Waals surface area contributed by atoms with Crippen LogP contribution in [0.5, 0.6) is 5.75 Å². The summed E-state index contributed by atoms with van der Waals surface area (Å²) in [5.41, 5.74) is 2.26. The van der Waals surface area contributed by atoms with Crippen molar-refractivity contribution < 1.29 is 4.74 Å². The molecule has 2 heterocycles. The number of nitrogens with zero attached hydrogens (tertiary/aromatic N) is 2. The van der Waals surface area contributed by atoms with E-state index in [0.29, 0.717) is 0 Å². The summed E-state index contributed by atoms with van der Waals surface area (Å²) in [6.45, 7) is 2.83. The van der Waals surface area contributed by atoms with E-state index in [2.05, 4.69) is 23.3 Å². The molecule has 20 heavy (non-hydrogen) atoms. The molecule has 4 heteroatoms. The van der Waals surface area contributed by atoms with Crippen LogP contribution >= 0.6 is 0 Å². The zero-order chi connectivity index (χ0) is 13.9. The van der Waals surface area contributed by atoms with Crippen molar-refractivity contribution in [3.63, 3.8) is 0 Å². The number of aryl methyl sites for hydroxylation is 1. The van der Waals surface area contributed by atoms with Gasteiger partial charge in [-0.25, -0.2) is 9.97 Å². The third kappa shape index (κ3) is 2.33. The Morgan fingerprint density at radius 2 is 2.15 bits per heavy atom. The summed E-state index contributed by atoms with van der Waals surface area (Å²) in [5.74, 6) is 2.96. The molecule has 1 aliphatic heterocycles. The van der Waals surface area contributed by atoms with Crippen LogP contribution < -0.4 is 10.1 Å². The van der Waals surface area contributed by atoms with Crippen molar-refractivity contribution in [1.29, 1.82) is 0 Å². The lowest BCUT2D eigenvalue weighted by Crippen LogP contribution is -2.18. The molecule has 1 atom stereocenters. The Morgan fingerprint density at radius 1 is 1.30 bits per heavy atom. The molecule has 104 valence electrons. The molecule has 4 nitrogen and oxygen atoms in total. The van der Waals surface area contributed by atoms with Crippen LogP contribution in [0.4, 0.5) is 5.82 Å². The molecule has 0 radical (unpaired) electrons. The molecule has 0 saturated carbocycles. The molecule has 0 spiro atoms. The van der Waals surface area contributed by atoms with E-state index in [1.165, 1.54) is 5.56 Å². The first-order valence-electron chi connectivity index (χ1n) is 7.09. The maximum absolute atomic E-state index is 5.72. The van der Waals surface area contributed by atoms with Gasteiger partial charge in [-0.3, -0.25) is 0 Å². The lowest BCUT2D eigenvalue weighted by molar-refractivity contribution is 0.274. The van der Waals surface area contributed by atoms with Gasteiger partial charge in [-0.05, 0) is 18.9 Å². The largest absolute Gasteiger partial charge is 0.493 e. The van der Waals surface area contributed by atoms with Gasteiger partial charge in [0, 0.05) is 24.4 Å². The quantitative estimate of drug-likeness (QED) is 0.930. The Kier molecular flexibility index (Phi) is 3.54. The molecule has 0 aliphatic carbocycles.